The van der Waals surface area contributed by atoms with Crippen molar-refractivity contribution in [3.8, 4) is 11.3 Å². The molecule has 0 aliphatic heterocycles. The zero-order chi connectivity index (χ0) is 18.7. The minimum absolute atomic E-state index is 0.0477. The van der Waals surface area contributed by atoms with Crippen LogP contribution in [0, 0.1) is 12.7 Å². The molecule has 0 saturated heterocycles. The summed E-state index contributed by atoms with van der Waals surface area (Å²) in [7, 11) is 1.69. The summed E-state index contributed by atoms with van der Waals surface area (Å²) in [6, 6.07) is 10.4. The van der Waals surface area contributed by atoms with Gasteiger partial charge in [0.15, 0.2) is 6.61 Å². The van der Waals surface area contributed by atoms with Crippen molar-refractivity contribution in [2.75, 3.05) is 11.9 Å². The first-order valence-electron chi connectivity index (χ1n) is 7.76. The molecule has 8 heteroatoms. The number of ether oxygens (including phenoxy) is 1. The Labute approximate surface area is 148 Å². The lowest BCUT2D eigenvalue weighted by molar-refractivity contribution is -0.119. The first-order valence-corrected chi connectivity index (χ1v) is 7.76. The predicted octanol–water partition coefficient (Wildman–Crippen LogP) is 2.92. The highest BCUT2D eigenvalue weighted by Crippen LogP contribution is 2.22. The monoisotopic (exact) mass is 357 g/mol. The van der Waals surface area contributed by atoms with Gasteiger partial charge in [0.1, 0.15) is 17.4 Å². The fourth-order valence-corrected chi connectivity index (χ4v) is 2.33. The third-order valence-corrected chi connectivity index (χ3v) is 3.54. The fourth-order valence-electron chi connectivity index (χ4n) is 2.33. The minimum atomic E-state index is -0.769. The highest BCUT2D eigenvalue weighted by Gasteiger charge is 2.16. The maximum atomic E-state index is 12.9. The van der Waals surface area contributed by atoms with Gasteiger partial charge in [0, 0.05) is 18.7 Å². The number of hydrogen-bond donors (Lipinski definition) is 1. The van der Waals surface area contributed by atoms with Gasteiger partial charge in [-0.15, -0.1) is 0 Å². The number of amides is 1. The summed E-state index contributed by atoms with van der Waals surface area (Å²) >= 11 is 0. The van der Waals surface area contributed by atoms with Crippen molar-refractivity contribution >= 4 is 17.7 Å². The normalized spacial score (nSPS) is 10.6. The van der Waals surface area contributed by atoms with Crippen molar-refractivity contribution in [1.29, 1.82) is 0 Å². The van der Waals surface area contributed by atoms with Crippen LogP contribution in [0.25, 0.3) is 11.3 Å². The minimum Gasteiger partial charge on any atom is -0.450 e. The summed E-state index contributed by atoms with van der Waals surface area (Å²) in [4.78, 5) is 23.9. The van der Waals surface area contributed by atoms with E-state index in [0.717, 1.165) is 5.69 Å². The lowest BCUT2D eigenvalue weighted by atomic mass is 10.2. The number of furan rings is 1. The van der Waals surface area contributed by atoms with Crippen LogP contribution in [0.3, 0.4) is 0 Å². The molecule has 0 saturated carbocycles. The van der Waals surface area contributed by atoms with Gasteiger partial charge in [-0.05, 0) is 43.3 Å². The smallest absolute Gasteiger partial charge is 0.374 e. The molecule has 3 aromatic rings. The van der Waals surface area contributed by atoms with Crippen LogP contribution in [0.15, 0.2) is 46.9 Å². The molecule has 2 aromatic heterocycles. The number of nitrogens with zero attached hydrogens (tertiary/aromatic N) is 2. The molecule has 0 bridgehead atoms. The van der Waals surface area contributed by atoms with Gasteiger partial charge in [0.25, 0.3) is 5.91 Å². The Balaban J connectivity index is 1.57. The molecule has 1 N–H and O–H groups in total. The molecule has 0 atom stereocenters. The van der Waals surface area contributed by atoms with E-state index in [4.69, 9.17) is 9.15 Å². The van der Waals surface area contributed by atoms with E-state index in [0.29, 0.717) is 17.1 Å². The Hall–Kier alpha value is -3.42. The van der Waals surface area contributed by atoms with Gasteiger partial charge >= 0.3 is 5.97 Å². The maximum absolute atomic E-state index is 12.9. The number of hydrogen-bond acceptors (Lipinski definition) is 5. The molecular weight excluding hydrogens is 341 g/mol. The first-order chi connectivity index (χ1) is 12.4. The van der Waals surface area contributed by atoms with Gasteiger partial charge in [0.2, 0.25) is 5.76 Å². The molecule has 3 rings (SSSR count). The number of benzene rings is 1. The van der Waals surface area contributed by atoms with E-state index >= 15 is 0 Å². The van der Waals surface area contributed by atoms with E-state index in [2.05, 4.69) is 10.4 Å². The molecule has 0 fully saturated rings. The van der Waals surface area contributed by atoms with Gasteiger partial charge in [-0.1, -0.05) is 0 Å². The Morgan fingerprint density at radius 1 is 1.23 bits per heavy atom. The van der Waals surface area contributed by atoms with Gasteiger partial charge in [-0.3, -0.25) is 9.48 Å². The topological polar surface area (TPSA) is 86.4 Å². The SMILES string of the molecule is Cc1cc(NC(=O)COC(=O)c2ccc(-c3ccc(F)cc3)o2)n(C)n1. The predicted molar refractivity (Wildman–Crippen MR) is 91.0 cm³/mol. The Kier molecular flexibility index (Phi) is 4.83. The molecule has 2 heterocycles. The van der Waals surface area contributed by atoms with Gasteiger partial charge < -0.3 is 14.5 Å². The van der Waals surface area contributed by atoms with Gasteiger partial charge in [-0.25, -0.2) is 9.18 Å². The van der Waals surface area contributed by atoms with Crippen molar-refractivity contribution in [2.45, 2.75) is 6.92 Å². The van der Waals surface area contributed by atoms with Gasteiger partial charge in [0.05, 0.1) is 5.69 Å². The summed E-state index contributed by atoms with van der Waals surface area (Å²) in [5, 5.41) is 6.69. The lowest BCUT2D eigenvalue weighted by Gasteiger charge is -2.05. The molecule has 0 aliphatic rings. The van der Waals surface area contributed by atoms with Crippen molar-refractivity contribution in [3.05, 3.63) is 59.7 Å². The van der Waals surface area contributed by atoms with Crippen LogP contribution >= 0.6 is 0 Å². The van der Waals surface area contributed by atoms with E-state index in [1.807, 2.05) is 0 Å². The number of nitrogens with one attached hydrogen (secondary N) is 1. The maximum Gasteiger partial charge on any atom is 0.374 e. The third-order valence-electron chi connectivity index (χ3n) is 3.54. The van der Waals surface area contributed by atoms with E-state index in [1.54, 1.807) is 26.1 Å². The number of aromatic nitrogens is 2. The summed E-state index contributed by atoms with van der Waals surface area (Å²) < 4.78 is 24.8. The number of esters is 1. The molecule has 26 heavy (non-hydrogen) atoms. The van der Waals surface area contributed by atoms with Crippen LogP contribution in [0.2, 0.25) is 0 Å². The first kappa shape index (κ1) is 17.4. The second-order valence-electron chi connectivity index (χ2n) is 5.59. The standard InChI is InChI=1S/C18H16FN3O4/c1-11-9-16(22(2)21-11)20-17(23)10-25-18(24)15-8-7-14(26-15)12-3-5-13(19)6-4-12/h3-9H,10H2,1-2H3,(H,20,23). The quantitative estimate of drug-likeness (QED) is 0.710. The molecule has 0 radical (unpaired) electrons. The second-order valence-corrected chi connectivity index (χ2v) is 5.59. The molecule has 7 nitrogen and oxygen atoms in total. The van der Waals surface area contributed by atoms with Crippen LogP contribution in [-0.4, -0.2) is 28.3 Å². The van der Waals surface area contributed by atoms with Crippen molar-refractivity contribution in [1.82, 2.24) is 9.78 Å². The number of aryl methyl sites for hydroxylation is 2. The van der Waals surface area contributed by atoms with Crippen LogP contribution in [-0.2, 0) is 16.6 Å². The molecule has 0 aliphatic carbocycles. The van der Waals surface area contributed by atoms with Crippen LogP contribution < -0.4 is 5.32 Å². The highest BCUT2D eigenvalue weighted by molar-refractivity contribution is 5.94. The number of anilines is 1. The van der Waals surface area contributed by atoms with E-state index < -0.39 is 18.5 Å². The van der Waals surface area contributed by atoms with E-state index in [9.17, 15) is 14.0 Å². The largest absolute Gasteiger partial charge is 0.450 e. The van der Waals surface area contributed by atoms with Crippen LogP contribution in [0.5, 0.6) is 0 Å². The number of carbonyl (C=O) groups is 2. The Bertz CT molecular complexity index is 944. The van der Waals surface area contributed by atoms with Crippen LogP contribution in [0.4, 0.5) is 10.2 Å². The summed E-state index contributed by atoms with van der Waals surface area (Å²) in [6.07, 6.45) is 0. The lowest BCUT2D eigenvalue weighted by Crippen LogP contribution is -2.22. The van der Waals surface area contributed by atoms with E-state index in [1.165, 1.54) is 35.0 Å². The molecule has 0 spiro atoms. The second kappa shape index (κ2) is 7.22. The number of halogens is 1. The Morgan fingerprint density at radius 3 is 2.62 bits per heavy atom. The summed E-state index contributed by atoms with van der Waals surface area (Å²) in [5.74, 6) is -0.781. The summed E-state index contributed by atoms with van der Waals surface area (Å²) in [5.41, 5.74) is 1.37. The summed E-state index contributed by atoms with van der Waals surface area (Å²) in [6.45, 7) is 1.33. The third kappa shape index (κ3) is 3.97. The zero-order valence-corrected chi connectivity index (χ0v) is 14.2. The van der Waals surface area contributed by atoms with Crippen LogP contribution in [0.1, 0.15) is 16.2 Å². The van der Waals surface area contributed by atoms with Gasteiger partial charge in [-0.2, -0.15) is 5.10 Å². The number of carbonyl (C=O) groups excluding carboxylic acids is 2. The average Bonchev–Trinajstić information content (AvgIpc) is 3.20. The van der Waals surface area contributed by atoms with E-state index in [-0.39, 0.29) is 11.6 Å². The number of rotatable bonds is 5. The average molecular weight is 357 g/mol. The van der Waals surface area contributed by atoms with Crippen molar-refractivity contribution in [3.63, 3.8) is 0 Å². The Morgan fingerprint density at radius 2 is 1.96 bits per heavy atom. The van der Waals surface area contributed by atoms with Crippen molar-refractivity contribution in [2.24, 2.45) is 7.05 Å². The molecule has 0 unspecified atom stereocenters. The van der Waals surface area contributed by atoms with Crippen molar-refractivity contribution < 1.29 is 23.1 Å². The highest BCUT2D eigenvalue weighted by atomic mass is 19.1. The molecule has 134 valence electrons. The molecule has 1 amide bonds. The molecular formula is C18H16FN3O4. The molecule has 1 aromatic carbocycles. The fraction of sp³-hybridized carbons (Fsp3) is 0.167. The zero-order valence-electron chi connectivity index (χ0n) is 14.2.